The molecular formula is C19H32ClN3O3S. The second-order valence-electron chi connectivity index (χ2n) is 7.39. The van der Waals surface area contributed by atoms with Crippen LogP contribution in [0.25, 0.3) is 0 Å². The highest BCUT2D eigenvalue weighted by Gasteiger charge is 2.33. The molecule has 1 fully saturated rings. The van der Waals surface area contributed by atoms with Crippen LogP contribution in [0.4, 0.5) is 11.4 Å². The van der Waals surface area contributed by atoms with E-state index < -0.39 is 10.0 Å². The molecule has 0 aliphatic heterocycles. The number of nitrogens with two attached hydrogens (primary N) is 1. The van der Waals surface area contributed by atoms with Crippen LogP contribution >= 0.6 is 12.4 Å². The monoisotopic (exact) mass is 417 g/mol. The predicted molar refractivity (Wildman–Crippen MR) is 114 cm³/mol. The minimum atomic E-state index is -3.37. The fraction of sp³-hybridized carbons (Fsp3) is 0.632. The van der Waals surface area contributed by atoms with Gasteiger partial charge >= 0.3 is 0 Å². The summed E-state index contributed by atoms with van der Waals surface area (Å²) < 4.78 is 26.6. The van der Waals surface area contributed by atoms with E-state index in [1.165, 1.54) is 6.42 Å². The number of rotatable bonds is 8. The number of nitrogens with one attached hydrogen (secondary N) is 2. The summed E-state index contributed by atoms with van der Waals surface area (Å²) in [5.41, 5.74) is 7.72. The van der Waals surface area contributed by atoms with Crippen LogP contribution in [0.5, 0.6) is 0 Å². The van der Waals surface area contributed by atoms with Crippen molar-refractivity contribution in [3.63, 3.8) is 0 Å². The highest BCUT2D eigenvalue weighted by atomic mass is 35.5. The van der Waals surface area contributed by atoms with Gasteiger partial charge in [-0.3, -0.25) is 9.52 Å². The minimum Gasteiger partial charge on any atom is -0.330 e. The largest absolute Gasteiger partial charge is 0.330 e. The molecule has 0 radical (unpaired) electrons. The van der Waals surface area contributed by atoms with Crippen molar-refractivity contribution in [1.82, 2.24) is 0 Å². The summed E-state index contributed by atoms with van der Waals surface area (Å²) in [5, 5.41) is 2.95. The van der Waals surface area contributed by atoms with Gasteiger partial charge in [0.15, 0.2) is 0 Å². The second-order valence-corrected chi connectivity index (χ2v) is 9.23. The summed E-state index contributed by atoms with van der Waals surface area (Å²) in [7, 11) is -3.37. The van der Waals surface area contributed by atoms with Gasteiger partial charge in [0.1, 0.15) is 0 Å². The Morgan fingerprint density at radius 2 is 1.81 bits per heavy atom. The van der Waals surface area contributed by atoms with Crippen molar-refractivity contribution in [2.75, 3.05) is 22.3 Å². The average Bonchev–Trinajstić information content (AvgIpc) is 2.59. The third-order valence-corrected chi connectivity index (χ3v) is 6.71. The van der Waals surface area contributed by atoms with E-state index in [1.807, 2.05) is 6.92 Å². The molecule has 0 spiro atoms. The number of carbonyl (C=O) groups is 1. The molecular weight excluding hydrogens is 386 g/mol. The summed E-state index contributed by atoms with van der Waals surface area (Å²) in [4.78, 5) is 12.6. The van der Waals surface area contributed by atoms with Crippen LogP contribution in [0.2, 0.25) is 0 Å². The van der Waals surface area contributed by atoms with Crippen molar-refractivity contribution in [3.8, 4) is 0 Å². The Hall–Kier alpha value is -1.31. The van der Waals surface area contributed by atoms with Gasteiger partial charge in [0.25, 0.3) is 0 Å². The number of hydrogen-bond donors (Lipinski definition) is 3. The van der Waals surface area contributed by atoms with Crippen LogP contribution in [0.1, 0.15) is 57.4 Å². The van der Waals surface area contributed by atoms with Crippen molar-refractivity contribution in [3.05, 3.63) is 23.8 Å². The van der Waals surface area contributed by atoms with Crippen molar-refractivity contribution in [2.24, 2.45) is 11.1 Å². The van der Waals surface area contributed by atoms with E-state index in [1.54, 1.807) is 25.1 Å². The van der Waals surface area contributed by atoms with E-state index >= 15 is 0 Å². The molecule has 1 aromatic rings. The van der Waals surface area contributed by atoms with Crippen LogP contribution in [0, 0.1) is 12.3 Å². The first kappa shape index (κ1) is 23.7. The molecule has 1 aliphatic rings. The van der Waals surface area contributed by atoms with Crippen molar-refractivity contribution in [2.45, 2.75) is 58.8 Å². The maximum atomic E-state index is 12.6. The zero-order chi connectivity index (χ0) is 19.2. The Bertz CT molecular complexity index is 732. The molecule has 1 amide bonds. The topological polar surface area (TPSA) is 101 Å². The maximum Gasteiger partial charge on any atom is 0.232 e. The molecule has 0 atom stereocenters. The van der Waals surface area contributed by atoms with E-state index in [4.69, 9.17) is 5.73 Å². The van der Waals surface area contributed by atoms with E-state index in [2.05, 4.69) is 10.0 Å². The normalized spacial score (nSPS) is 16.3. The smallest absolute Gasteiger partial charge is 0.232 e. The molecule has 154 valence electrons. The maximum absolute atomic E-state index is 12.6. The summed E-state index contributed by atoms with van der Waals surface area (Å²) in [6, 6.07) is 5.24. The summed E-state index contributed by atoms with van der Waals surface area (Å²) in [6.45, 7) is 4.15. The van der Waals surface area contributed by atoms with Gasteiger partial charge in [-0.2, -0.15) is 0 Å². The number of benzene rings is 1. The molecule has 4 N–H and O–H groups in total. The molecule has 27 heavy (non-hydrogen) atoms. The molecule has 0 heterocycles. The van der Waals surface area contributed by atoms with Gasteiger partial charge in [-0.15, -0.1) is 12.4 Å². The standard InChI is InChI=1S/C19H31N3O3S.ClH/c1-3-12-26(24,25)22-17-9-7-8-16(15(17)2)21-18(23)13-19(14-20)10-5-4-6-11-19;/h7-9,22H,3-6,10-14,20H2,1-2H3,(H,21,23);1H. The van der Waals surface area contributed by atoms with E-state index in [0.717, 1.165) is 25.7 Å². The number of anilines is 2. The Kier molecular flexibility index (Phi) is 9.05. The third-order valence-electron chi connectivity index (χ3n) is 5.23. The van der Waals surface area contributed by atoms with Crippen LogP contribution in [0.3, 0.4) is 0 Å². The van der Waals surface area contributed by atoms with Crippen molar-refractivity contribution in [1.29, 1.82) is 0 Å². The minimum absolute atomic E-state index is 0. The highest BCUT2D eigenvalue weighted by Crippen LogP contribution is 2.38. The van der Waals surface area contributed by atoms with Crippen LogP contribution in [-0.2, 0) is 14.8 Å². The van der Waals surface area contributed by atoms with E-state index in [-0.39, 0.29) is 29.5 Å². The van der Waals surface area contributed by atoms with Gasteiger partial charge in [0.2, 0.25) is 15.9 Å². The summed E-state index contributed by atoms with van der Waals surface area (Å²) in [6.07, 6.45) is 6.40. The Balaban J connectivity index is 0.00000364. The van der Waals surface area contributed by atoms with Gasteiger partial charge in [0.05, 0.1) is 11.4 Å². The van der Waals surface area contributed by atoms with Gasteiger partial charge in [0, 0.05) is 12.1 Å². The molecule has 0 bridgehead atoms. The number of hydrogen-bond acceptors (Lipinski definition) is 4. The van der Waals surface area contributed by atoms with Gasteiger partial charge in [-0.05, 0) is 55.8 Å². The zero-order valence-electron chi connectivity index (χ0n) is 16.2. The lowest BCUT2D eigenvalue weighted by atomic mass is 9.71. The molecule has 2 rings (SSSR count). The molecule has 0 aromatic heterocycles. The number of carbonyl (C=O) groups excluding carboxylic acids is 1. The van der Waals surface area contributed by atoms with E-state index in [0.29, 0.717) is 36.3 Å². The number of amides is 1. The SMILES string of the molecule is CCCS(=O)(=O)Nc1cccc(NC(=O)CC2(CN)CCCCC2)c1C.Cl. The van der Waals surface area contributed by atoms with Gasteiger partial charge in [-0.1, -0.05) is 32.3 Å². The summed E-state index contributed by atoms with van der Waals surface area (Å²) in [5.74, 6) is 0.0104. The lowest BCUT2D eigenvalue weighted by Crippen LogP contribution is -2.36. The number of sulfonamides is 1. The molecule has 6 nitrogen and oxygen atoms in total. The Morgan fingerprint density at radius 1 is 1.19 bits per heavy atom. The Morgan fingerprint density at radius 3 is 2.41 bits per heavy atom. The molecule has 1 saturated carbocycles. The average molecular weight is 418 g/mol. The first-order valence-electron chi connectivity index (χ1n) is 9.41. The molecule has 0 saturated heterocycles. The number of halogens is 1. The highest BCUT2D eigenvalue weighted by molar-refractivity contribution is 7.92. The fourth-order valence-corrected chi connectivity index (χ4v) is 4.85. The second kappa shape index (κ2) is 10.3. The molecule has 8 heteroatoms. The van der Waals surface area contributed by atoms with Crippen LogP contribution in [0.15, 0.2) is 18.2 Å². The summed E-state index contributed by atoms with van der Waals surface area (Å²) >= 11 is 0. The fourth-order valence-electron chi connectivity index (χ4n) is 3.66. The van der Waals surface area contributed by atoms with Crippen LogP contribution in [-0.4, -0.2) is 26.6 Å². The van der Waals surface area contributed by atoms with Crippen LogP contribution < -0.4 is 15.8 Å². The van der Waals surface area contributed by atoms with Crippen molar-refractivity contribution < 1.29 is 13.2 Å². The van der Waals surface area contributed by atoms with Crippen molar-refractivity contribution >= 4 is 39.7 Å². The molecule has 1 aliphatic carbocycles. The van der Waals surface area contributed by atoms with Gasteiger partial charge in [-0.25, -0.2) is 8.42 Å². The lowest BCUT2D eigenvalue weighted by molar-refractivity contribution is -0.118. The predicted octanol–water partition coefficient (Wildman–Crippen LogP) is 3.81. The molecule has 0 unspecified atom stereocenters. The third kappa shape index (κ3) is 6.66. The quantitative estimate of drug-likeness (QED) is 0.598. The zero-order valence-corrected chi connectivity index (χ0v) is 17.8. The first-order valence-corrected chi connectivity index (χ1v) is 11.1. The van der Waals surface area contributed by atoms with Gasteiger partial charge < -0.3 is 11.1 Å². The first-order chi connectivity index (χ1) is 12.3. The van der Waals surface area contributed by atoms with E-state index in [9.17, 15) is 13.2 Å². The Labute approximate surface area is 169 Å². The lowest BCUT2D eigenvalue weighted by Gasteiger charge is -2.35. The molecule has 1 aromatic carbocycles.